The molecule has 1 aromatic carbocycles. The van der Waals surface area contributed by atoms with Crippen LogP contribution in [-0.4, -0.2) is 26.2 Å². The Morgan fingerprint density at radius 1 is 1.53 bits per heavy atom. The molecule has 1 amide bonds. The van der Waals surface area contributed by atoms with Gasteiger partial charge < -0.3 is 21.5 Å². The lowest BCUT2D eigenvalue weighted by molar-refractivity contribution is 0.100. The van der Waals surface area contributed by atoms with E-state index >= 15 is 0 Å². The summed E-state index contributed by atoms with van der Waals surface area (Å²) in [6.07, 6.45) is 0. The largest absolute Gasteiger partial charge is 0.397 e. The van der Waals surface area contributed by atoms with Crippen molar-refractivity contribution in [2.24, 2.45) is 5.73 Å². The summed E-state index contributed by atoms with van der Waals surface area (Å²) in [6, 6.07) is 4.91. The van der Waals surface area contributed by atoms with Gasteiger partial charge in [0.1, 0.15) is 0 Å². The Morgan fingerprint density at radius 3 is 2.80 bits per heavy atom. The highest BCUT2D eigenvalue weighted by Crippen LogP contribution is 2.19. The normalized spacial score (nSPS) is 9.93. The highest BCUT2D eigenvalue weighted by molar-refractivity contribution is 5.94. The van der Waals surface area contributed by atoms with E-state index in [4.69, 9.17) is 16.2 Å². The van der Waals surface area contributed by atoms with Gasteiger partial charge in [-0.3, -0.25) is 4.79 Å². The zero-order valence-corrected chi connectivity index (χ0v) is 8.62. The molecular formula is C10H15N3O2. The predicted molar refractivity (Wildman–Crippen MR) is 59.7 cm³/mol. The fourth-order valence-corrected chi connectivity index (χ4v) is 1.16. The number of benzene rings is 1. The van der Waals surface area contributed by atoms with Crippen LogP contribution >= 0.6 is 0 Å². The van der Waals surface area contributed by atoms with E-state index in [0.717, 1.165) is 5.69 Å². The van der Waals surface area contributed by atoms with Gasteiger partial charge in [-0.1, -0.05) is 0 Å². The van der Waals surface area contributed by atoms with Gasteiger partial charge in [-0.2, -0.15) is 0 Å². The van der Waals surface area contributed by atoms with Crippen LogP contribution in [0.3, 0.4) is 0 Å². The van der Waals surface area contributed by atoms with E-state index < -0.39 is 5.91 Å². The second kappa shape index (κ2) is 5.21. The maximum Gasteiger partial charge on any atom is 0.248 e. The zero-order valence-electron chi connectivity index (χ0n) is 8.62. The minimum atomic E-state index is -0.481. The van der Waals surface area contributed by atoms with Crippen LogP contribution in [0.1, 0.15) is 10.4 Å². The molecule has 0 fully saturated rings. The van der Waals surface area contributed by atoms with Crippen molar-refractivity contribution in [2.45, 2.75) is 0 Å². The Labute approximate surface area is 88.4 Å². The first-order valence-electron chi connectivity index (χ1n) is 4.57. The van der Waals surface area contributed by atoms with Crippen LogP contribution < -0.4 is 16.8 Å². The molecule has 0 aliphatic rings. The van der Waals surface area contributed by atoms with Gasteiger partial charge in [0.25, 0.3) is 0 Å². The van der Waals surface area contributed by atoms with Crippen molar-refractivity contribution in [3.8, 4) is 0 Å². The standard InChI is InChI=1S/C10H15N3O2/c1-15-5-4-13-9-3-2-7(10(12)14)6-8(9)11/h2-3,6,13H,4-5,11H2,1H3,(H2,12,14). The van der Waals surface area contributed by atoms with Gasteiger partial charge in [-0.25, -0.2) is 0 Å². The van der Waals surface area contributed by atoms with E-state index in [1.165, 1.54) is 0 Å². The summed E-state index contributed by atoms with van der Waals surface area (Å²) >= 11 is 0. The molecule has 0 saturated heterocycles. The Morgan fingerprint density at radius 2 is 2.27 bits per heavy atom. The van der Waals surface area contributed by atoms with Gasteiger partial charge in [0.05, 0.1) is 18.0 Å². The van der Waals surface area contributed by atoms with Gasteiger partial charge >= 0.3 is 0 Å². The molecule has 0 aliphatic carbocycles. The molecule has 15 heavy (non-hydrogen) atoms. The number of primary amides is 1. The first-order valence-corrected chi connectivity index (χ1v) is 4.57. The maximum atomic E-state index is 10.9. The molecule has 0 atom stereocenters. The van der Waals surface area contributed by atoms with E-state index in [2.05, 4.69) is 5.32 Å². The van der Waals surface area contributed by atoms with Crippen molar-refractivity contribution in [3.63, 3.8) is 0 Å². The van der Waals surface area contributed by atoms with Gasteiger partial charge in [0.2, 0.25) is 5.91 Å². The topological polar surface area (TPSA) is 90.4 Å². The smallest absolute Gasteiger partial charge is 0.248 e. The number of carbonyl (C=O) groups is 1. The predicted octanol–water partition coefficient (Wildman–Crippen LogP) is 0.426. The van der Waals surface area contributed by atoms with Gasteiger partial charge in [-0.15, -0.1) is 0 Å². The minimum absolute atomic E-state index is 0.407. The monoisotopic (exact) mass is 209 g/mol. The van der Waals surface area contributed by atoms with Crippen LogP contribution in [0, 0.1) is 0 Å². The molecule has 0 bridgehead atoms. The SMILES string of the molecule is COCCNc1ccc(C(N)=O)cc1N. The summed E-state index contributed by atoms with van der Waals surface area (Å²) in [5.41, 5.74) is 12.5. The number of nitrogen functional groups attached to an aromatic ring is 1. The molecule has 0 spiro atoms. The van der Waals surface area contributed by atoms with Crippen LogP contribution in [-0.2, 0) is 4.74 Å². The van der Waals surface area contributed by atoms with E-state index in [0.29, 0.717) is 24.4 Å². The quantitative estimate of drug-likeness (QED) is 0.484. The molecule has 0 aliphatic heterocycles. The van der Waals surface area contributed by atoms with E-state index in [1.807, 2.05) is 0 Å². The van der Waals surface area contributed by atoms with Crippen molar-refractivity contribution < 1.29 is 9.53 Å². The Bertz CT molecular complexity index is 353. The number of nitrogens with two attached hydrogens (primary N) is 2. The molecule has 5 heteroatoms. The lowest BCUT2D eigenvalue weighted by Gasteiger charge is -2.09. The first-order chi connectivity index (χ1) is 7.15. The Kier molecular flexibility index (Phi) is 3.93. The van der Waals surface area contributed by atoms with Crippen LogP contribution in [0.5, 0.6) is 0 Å². The van der Waals surface area contributed by atoms with Crippen LogP contribution in [0.15, 0.2) is 18.2 Å². The number of hydrogen-bond acceptors (Lipinski definition) is 4. The number of carbonyl (C=O) groups excluding carboxylic acids is 1. The second-order valence-electron chi connectivity index (χ2n) is 3.09. The number of anilines is 2. The first kappa shape index (κ1) is 11.3. The van der Waals surface area contributed by atoms with Gasteiger partial charge in [-0.05, 0) is 18.2 Å². The maximum absolute atomic E-state index is 10.9. The summed E-state index contributed by atoms with van der Waals surface area (Å²) in [7, 11) is 1.63. The lowest BCUT2D eigenvalue weighted by atomic mass is 10.1. The third-order valence-electron chi connectivity index (χ3n) is 1.96. The number of amides is 1. The molecule has 0 heterocycles. The molecule has 0 aromatic heterocycles. The molecule has 82 valence electrons. The van der Waals surface area contributed by atoms with Crippen molar-refractivity contribution >= 4 is 17.3 Å². The Balaban J connectivity index is 2.70. The summed E-state index contributed by atoms with van der Waals surface area (Å²) in [4.78, 5) is 10.9. The molecule has 0 radical (unpaired) electrons. The van der Waals surface area contributed by atoms with E-state index in [9.17, 15) is 4.79 Å². The Hall–Kier alpha value is -1.75. The molecule has 5 N–H and O–H groups in total. The van der Waals surface area contributed by atoms with Crippen molar-refractivity contribution in [1.82, 2.24) is 0 Å². The fourth-order valence-electron chi connectivity index (χ4n) is 1.16. The van der Waals surface area contributed by atoms with Gasteiger partial charge in [0.15, 0.2) is 0 Å². The number of hydrogen-bond donors (Lipinski definition) is 3. The van der Waals surface area contributed by atoms with Gasteiger partial charge in [0, 0.05) is 19.2 Å². The highest BCUT2D eigenvalue weighted by atomic mass is 16.5. The molecule has 1 rings (SSSR count). The summed E-state index contributed by atoms with van der Waals surface area (Å²) < 4.78 is 4.89. The van der Waals surface area contributed by atoms with Crippen LogP contribution in [0.2, 0.25) is 0 Å². The number of rotatable bonds is 5. The van der Waals surface area contributed by atoms with E-state index in [-0.39, 0.29) is 0 Å². The molecule has 5 nitrogen and oxygen atoms in total. The summed E-state index contributed by atoms with van der Waals surface area (Å²) in [6.45, 7) is 1.26. The average molecular weight is 209 g/mol. The van der Waals surface area contributed by atoms with Crippen molar-refractivity contribution in [2.75, 3.05) is 31.3 Å². The summed E-state index contributed by atoms with van der Waals surface area (Å²) in [5.74, 6) is -0.481. The number of nitrogens with one attached hydrogen (secondary N) is 1. The zero-order chi connectivity index (χ0) is 11.3. The molecule has 0 unspecified atom stereocenters. The minimum Gasteiger partial charge on any atom is -0.397 e. The number of ether oxygens (including phenoxy) is 1. The second-order valence-corrected chi connectivity index (χ2v) is 3.09. The van der Waals surface area contributed by atoms with Crippen molar-refractivity contribution in [1.29, 1.82) is 0 Å². The molecular weight excluding hydrogens is 194 g/mol. The van der Waals surface area contributed by atoms with Crippen molar-refractivity contribution in [3.05, 3.63) is 23.8 Å². The third-order valence-corrected chi connectivity index (χ3v) is 1.96. The fraction of sp³-hybridized carbons (Fsp3) is 0.300. The van der Waals surface area contributed by atoms with E-state index in [1.54, 1.807) is 25.3 Å². The van der Waals surface area contributed by atoms with Crippen LogP contribution in [0.25, 0.3) is 0 Å². The number of methoxy groups -OCH3 is 1. The summed E-state index contributed by atoms with van der Waals surface area (Å²) in [5, 5.41) is 3.08. The molecule has 0 saturated carbocycles. The third kappa shape index (κ3) is 3.14. The van der Waals surface area contributed by atoms with Crippen LogP contribution in [0.4, 0.5) is 11.4 Å². The molecule has 1 aromatic rings. The highest BCUT2D eigenvalue weighted by Gasteiger charge is 2.03. The average Bonchev–Trinajstić information content (AvgIpc) is 2.20. The lowest BCUT2D eigenvalue weighted by Crippen LogP contribution is -2.13.